The van der Waals surface area contributed by atoms with Crippen molar-refractivity contribution in [2.45, 2.75) is 45.4 Å². The Morgan fingerprint density at radius 1 is 1.13 bits per heavy atom. The smallest absolute Gasteiger partial charge is 0.239 e. The number of fused-ring (bicyclic) bond motifs is 1. The fourth-order valence-corrected chi connectivity index (χ4v) is 6.26. The molecule has 0 saturated carbocycles. The molecule has 8 heteroatoms. The highest BCUT2D eigenvalue weighted by molar-refractivity contribution is 7.98. The average molecular weight is 530 g/mol. The molecule has 1 aromatic heterocycles. The molecule has 198 valence electrons. The van der Waals surface area contributed by atoms with Crippen LogP contribution in [0.2, 0.25) is 0 Å². The zero-order valence-corrected chi connectivity index (χ0v) is 23.0. The molecule has 0 spiro atoms. The Morgan fingerprint density at radius 2 is 1.89 bits per heavy atom. The molecule has 0 radical (unpaired) electrons. The third kappa shape index (κ3) is 5.65. The molecule has 1 aliphatic heterocycles. The highest BCUT2D eigenvalue weighted by Gasteiger charge is 2.41. The minimum atomic E-state index is -0.353. The lowest BCUT2D eigenvalue weighted by atomic mass is 9.73. The Kier molecular flexibility index (Phi) is 7.61. The normalized spacial score (nSPS) is 18.3. The van der Waals surface area contributed by atoms with Crippen LogP contribution in [0.25, 0.3) is 0 Å². The van der Waals surface area contributed by atoms with Gasteiger partial charge in [0.25, 0.3) is 0 Å². The van der Waals surface area contributed by atoms with Gasteiger partial charge in [0.05, 0.1) is 36.0 Å². The van der Waals surface area contributed by atoms with E-state index in [0.29, 0.717) is 13.0 Å². The van der Waals surface area contributed by atoms with Crippen LogP contribution >= 0.6 is 11.8 Å². The summed E-state index contributed by atoms with van der Waals surface area (Å²) in [7, 11) is 0. The molecule has 3 aromatic rings. The quantitative estimate of drug-likeness (QED) is 0.339. The standard InChI is InChI=1S/C30H35N5O2S/c1-20-24(33-19-32-20)18-38-14-13-31-27(37)17-35-25-12-8-7-11-22(25)34-23-15-30(2,3)16-26(36)28(23)29(35)21-9-5-4-6-10-21/h4-12,19,29,34H,13-18H2,1-3H3,(H,31,37)(H,32,33). The van der Waals surface area contributed by atoms with E-state index < -0.39 is 0 Å². The third-order valence-corrected chi connectivity index (χ3v) is 8.15. The number of para-hydroxylation sites is 2. The molecule has 2 aromatic carbocycles. The van der Waals surface area contributed by atoms with Crippen LogP contribution in [0.3, 0.4) is 0 Å². The number of carbonyl (C=O) groups excluding carboxylic acids is 2. The number of Topliss-reactive ketones (excluding diaryl/α,β-unsaturated/α-hetero) is 1. The number of benzene rings is 2. The Bertz CT molecular complexity index is 1350. The van der Waals surface area contributed by atoms with Gasteiger partial charge in [0.1, 0.15) is 0 Å². The van der Waals surface area contributed by atoms with Crippen molar-refractivity contribution in [3.8, 4) is 0 Å². The van der Waals surface area contributed by atoms with Gasteiger partial charge in [0, 0.05) is 41.4 Å². The van der Waals surface area contributed by atoms with Gasteiger partial charge in [-0.3, -0.25) is 9.59 Å². The lowest BCUT2D eigenvalue weighted by Gasteiger charge is -2.37. The van der Waals surface area contributed by atoms with E-state index in [4.69, 9.17) is 0 Å². The molecule has 0 bridgehead atoms. The van der Waals surface area contributed by atoms with Gasteiger partial charge in [0.15, 0.2) is 5.78 Å². The van der Waals surface area contributed by atoms with Crippen molar-refractivity contribution in [1.29, 1.82) is 0 Å². The number of nitrogens with one attached hydrogen (secondary N) is 3. The number of allylic oxidation sites excluding steroid dienone is 1. The van der Waals surface area contributed by atoms with Crippen LogP contribution in [0.1, 0.15) is 49.7 Å². The number of imidazole rings is 1. The van der Waals surface area contributed by atoms with E-state index in [-0.39, 0.29) is 29.7 Å². The van der Waals surface area contributed by atoms with E-state index in [1.165, 1.54) is 0 Å². The fourth-order valence-electron chi connectivity index (χ4n) is 5.38. The largest absolute Gasteiger partial charge is 0.357 e. The summed E-state index contributed by atoms with van der Waals surface area (Å²) >= 11 is 1.74. The molecule has 1 aliphatic carbocycles. The van der Waals surface area contributed by atoms with Crippen LogP contribution in [0.5, 0.6) is 0 Å². The lowest BCUT2D eigenvalue weighted by molar-refractivity contribution is -0.120. The molecule has 1 amide bonds. The van der Waals surface area contributed by atoms with Gasteiger partial charge in [-0.05, 0) is 36.5 Å². The number of nitrogens with zero attached hydrogens (tertiary/aromatic N) is 2. The lowest BCUT2D eigenvalue weighted by Crippen LogP contribution is -2.42. The Balaban J connectivity index is 1.40. The maximum Gasteiger partial charge on any atom is 0.239 e. The van der Waals surface area contributed by atoms with Crippen molar-refractivity contribution in [1.82, 2.24) is 15.3 Å². The first kappa shape index (κ1) is 26.1. The van der Waals surface area contributed by atoms with Crippen LogP contribution in [0.15, 0.2) is 72.2 Å². The van der Waals surface area contributed by atoms with Crippen molar-refractivity contribution >= 4 is 34.8 Å². The number of hydrogen-bond acceptors (Lipinski definition) is 6. The van der Waals surface area contributed by atoms with Gasteiger partial charge in [-0.15, -0.1) is 0 Å². The summed E-state index contributed by atoms with van der Waals surface area (Å²) in [6.45, 7) is 7.01. The predicted molar refractivity (Wildman–Crippen MR) is 154 cm³/mol. The number of amides is 1. The third-order valence-electron chi connectivity index (χ3n) is 7.18. The zero-order chi connectivity index (χ0) is 26.7. The highest BCUT2D eigenvalue weighted by Crippen LogP contribution is 2.48. The summed E-state index contributed by atoms with van der Waals surface area (Å²) in [5.74, 6) is 1.68. The second-order valence-corrected chi connectivity index (χ2v) is 11.9. The molecule has 3 N–H and O–H groups in total. The summed E-state index contributed by atoms with van der Waals surface area (Å²) in [5.41, 5.74) is 6.56. The first-order valence-electron chi connectivity index (χ1n) is 13.1. The first-order valence-corrected chi connectivity index (χ1v) is 14.2. The van der Waals surface area contributed by atoms with E-state index in [1.807, 2.05) is 49.4 Å². The molecular weight excluding hydrogens is 494 g/mol. The molecule has 2 aliphatic rings. The van der Waals surface area contributed by atoms with Crippen LogP contribution in [-0.2, 0) is 15.3 Å². The topological polar surface area (TPSA) is 90.1 Å². The number of H-pyrrole nitrogens is 1. The van der Waals surface area contributed by atoms with Crippen molar-refractivity contribution in [2.75, 3.05) is 29.1 Å². The number of hydrogen-bond donors (Lipinski definition) is 3. The van der Waals surface area contributed by atoms with Gasteiger partial charge in [-0.2, -0.15) is 11.8 Å². The first-order chi connectivity index (χ1) is 18.3. The number of thioether (sulfide) groups is 1. The Hall–Kier alpha value is -3.52. The highest BCUT2D eigenvalue weighted by atomic mass is 32.2. The minimum Gasteiger partial charge on any atom is -0.357 e. The molecule has 38 heavy (non-hydrogen) atoms. The number of aryl methyl sites for hydroxylation is 1. The number of carbonyl (C=O) groups is 2. The average Bonchev–Trinajstić information content (AvgIpc) is 3.23. The van der Waals surface area contributed by atoms with E-state index in [9.17, 15) is 9.59 Å². The van der Waals surface area contributed by atoms with E-state index in [0.717, 1.165) is 57.5 Å². The van der Waals surface area contributed by atoms with Crippen molar-refractivity contribution in [3.63, 3.8) is 0 Å². The predicted octanol–water partition coefficient (Wildman–Crippen LogP) is 5.38. The van der Waals surface area contributed by atoms with Crippen molar-refractivity contribution in [2.24, 2.45) is 5.41 Å². The maximum absolute atomic E-state index is 13.7. The fraction of sp³-hybridized carbons (Fsp3) is 0.367. The molecule has 0 saturated heterocycles. The van der Waals surface area contributed by atoms with Gasteiger partial charge in [-0.1, -0.05) is 56.3 Å². The van der Waals surface area contributed by atoms with E-state index in [1.54, 1.807) is 18.1 Å². The van der Waals surface area contributed by atoms with Crippen molar-refractivity contribution in [3.05, 3.63) is 89.1 Å². The van der Waals surface area contributed by atoms with E-state index >= 15 is 0 Å². The molecule has 0 fully saturated rings. The second kappa shape index (κ2) is 11.1. The number of anilines is 2. The summed E-state index contributed by atoms with van der Waals surface area (Å²) in [4.78, 5) is 36.5. The van der Waals surface area contributed by atoms with Gasteiger partial charge >= 0.3 is 0 Å². The Labute approximate surface area is 228 Å². The molecule has 5 rings (SSSR count). The summed E-state index contributed by atoms with van der Waals surface area (Å²) in [5, 5.41) is 6.69. The minimum absolute atomic E-state index is 0.0649. The number of aromatic amines is 1. The zero-order valence-electron chi connectivity index (χ0n) is 22.2. The summed E-state index contributed by atoms with van der Waals surface area (Å²) in [6, 6.07) is 17.7. The number of ketones is 1. The molecule has 7 nitrogen and oxygen atoms in total. The maximum atomic E-state index is 13.7. The van der Waals surface area contributed by atoms with Crippen LogP contribution < -0.4 is 15.5 Å². The Morgan fingerprint density at radius 3 is 2.66 bits per heavy atom. The number of aromatic nitrogens is 2. The van der Waals surface area contributed by atoms with Crippen LogP contribution in [-0.4, -0.2) is 40.5 Å². The summed E-state index contributed by atoms with van der Waals surface area (Å²) < 4.78 is 0. The summed E-state index contributed by atoms with van der Waals surface area (Å²) in [6.07, 6.45) is 2.97. The van der Waals surface area contributed by atoms with Gasteiger partial charge < -0.3 is 20.5 Å². The van der Waals surface area contributed by atoms with Gasteiger partial charge in [0.2, 0.25) is 5.91 Å². The van der Waals surface area contributed by atoms with Crippen molar-refractivity contribution < 1.29 is 9.59 Å². The SMILES string of the molecule is Cc1[nH]cnc1CSCCNC(=O)CN1c2ccccc2NC2=C(C(=O)CC(C)(C)C2)C1c1ccccc1. The van der Waals surface area contributed by atoms with E-state index in [2.05, 4.69) is 51.5 Å². The van der Waals surface area contributed by atoms with Gasteiger partial charge in [-0.25, -0.2) is 4.98 Å². The molecular formula is C30H35N5O2S. The molecule has 2 heterocycles. The van der Waals surface area contributed by atoms with Crippen LogP contribution in [0, 0.1) is 12.3 Å². The molecule has 1 unspecified atom stereocenters. The second-order valence-electron chi connectivity index (χ2n) is 10.8. The van der Waals surface area contributed by atoms with Crippen LogP contribution in [0.4, 0.5) is 11.4 Å². The number of rotatable bonds is 8. The monoisotopic (exact) mass is 529 g/mol. The molecule has 1 atom stereocenters.